The largest absolute Gasteiger partial charge is 0.573 e. The summed E-state index contributed by atoms with van der Waals surface area (Å²) < 4.78 is 40.8. The van der Waals surface area contributed by atoms with E-state index in [1.54, 1.807) is 18.1 Å². The highest BCUT2D eigenvalue weighted by Gasteiger charge is 2.32. The quantitative estimate of drug-likeness (QED) is 0.457. The van der Waals surface area contributed by atoms with Crippen LogP contribution in [0.1, 0.15) is 69.8 Å². The molecule has 0 amide bonds. The van der Waals surface area contributed by atoms with E-state index in [0.717, 1.165) is 11.8 Å². The Labute approximate surface area is 163 Å². The van der Waals surface area contributed by atoms with Gasteiger partial charge in [0.15, 0.2) is 0 Å². The van der Waals surface area contributed by atoms with E-state index in [9.17, 15) is 13.2 Å². The predicted octanol–water partition coefficient (Wildman–Crippen LogP) is 7.30. The zero-order valence-corrected chi connectivity index (χ0v) is 17.6. The molecule has 2 fully saturated rings. The summed E-state index contributed by atoms with van der Waals surface area (Å²) in [5, 5.41) is 0. The van der Waals surface area contributed by atoms with Crippen molar-refractivity contribution in [3.05, 3.63) is 29.8 Å². The molecule has 1 saturated heterocycles. The summed E-state index contributed by atoms with van der Waals surface area (Å²) in [5.41, 5.74) is 1.17. The molecule has 0 atom stereocenters. The van der Waals surface area contributed by atoms with Gasteiger partial charge in [0.25, 0.3) is 0 Å². The van der Waals surface area contributed by atoms with Crippen LogP contribution in [0, 0.1) is 11.8 Å². The number of unbranched alkanes of at least 4 members (excludes halogenated alkanes) is 1. The molecule has 3 rings (SSSR count). The molecule has 5 heteroatoms. The molecule has 0 unspecified atom stereocenters. The van der Waals surface area contributed by atoms with Crippen LogP contribution < -0.4 is 4.74 Å². The second kappa shape index (κ2) is 9.49. The summed E-state index contributed by atoms with van der Waals surface area (Å²) in [7, 11) is -0.410. The highest BCUT2D eigenvalue weighted by molar-refractivity contribution is 6.58. The van der Waals surface area contributed by atoms with Crippen molar-refractivity contribution in [1.29, 1.82) is 0 Å². The molecular formula is C22H33F3OSi. The molecule has 1 heterocycles. The smallest absolute Gasteiger partial charge is 0.406 e. The van der Waals surface area contributed by atoms with E-state index < -0.39 is 15.2 Å². The van der Waals surface area contributed by atoms with Crippen LogP contribution in [0.25, 0.3) is 0 Å². The first kappa shape index (κ1) is 20.8. The SMILES string of the molecule is CCCC[SiH]1CCC([C@H]2CC[C@H](c3ccc(OC(F)(F)F)cc3)CC2)CC1. The van der Waals surface area contributed by atoms with Gasteiger partial charge in [-0.15, -0.1) is 13.2 Å². The second-order valence-corrected chi connectivity index (χ2v) is 12.1. The molecule has 2 aliphatic rings. The summed E-state index contributed by atoms with van der Waals surface area (Å²) in [6.07, 6.45) is 6.06. The monoisotopic (exact) mass is 398 g/mol. The fourth-order valence-electron chi connectivity index (χ4n) is 5.31. The van der Waals surface area contributed by atoms with Gasteiger partial charge in [-0.3, -0.25) is 0 Å². The fourth-order valence-corrected chi connectivity index (χ4v) is 8.96. The maximum absolute atomic E-state index is 12.3. The van der Waals surface area contributed by atoms with Gasteiger partial charge in [-0.25, -0.2) is 0 Å². The zero-order chi connectivity index (χ0) is 19.3. The van der Waals surface area contributed by atoms with Crippen LogP contribution in [0.15, 0.2) is 24.3 Å². The van der Waals surface area contributed by atoms with Gasteiger partial charge in [0, 0.05) is 8.80 Å². The predicted molar refractivity (Wildman–Crippen MR) is 107 cm³/mol. The first-order chi connectivity index (χ1) is 12.9. The van der Waals surface area contributed by atoms with Crippen LogP contribution in [0.5, 0.6) is 5.75 Å². The molecule has 1 aromatic rings. The number of alkyl halides is 3. The molecule has 0 aromatic heterocycles. The van der Waals surface area contributed by atoms with Gasteiger partial charge < -0.3 is 4.74 Å². The Kier molecular flexibility index (Phi) is 7.29. The standard InChI is InChI=1S/C22H33F3OSi/c1-2-3-14-27-15-12-20(13-16-27)18-6-4-17(5-7-18)19-8-10-21(11-9-19)26-22(23,24)25/h8-11,17-18,20,27H,2-7,12-16H2,1H3/t17-,18-,20?,27?. The van der Waals surface area contributed by atoms with Crippen molar-refractivity contribution in [3.8, 4) is 5.75 Å². The summed E-state index contributed by atoms with van der Waals surface area (Å²) >= 11 is 0. The lowest BCUT2D eigenvalue weighted by atomic mass is 9.72. The average Bonchev–Trinajstić information content (AvgIpc) is 2.66. The van der Waals surface area contributed by atoms with Crippen molar-refractivity contribution < 1.29 is 17.9 Å². The van der Waals surface area contributed by atoms with Crippen LogP contribution in [-0.2, 0) is 0 Å². The first-order valence-electron chi connectivity index (χ1n) is 10.8. The maximum atomic E-state index is 12.3. The van der Waals surface area contributed by atoms with Crippen molar-refractivity contribution in [2.45, 2.75) is 88.7 Å². The lowest BCUT2D eigenvalue weighted by Crippen LogP contribution is -2.28. The van der Waals surface area contributed by atoms with Crippen molar-refractivity contribution in [1.82, 2.24) is 0 Å². The molecule has 0 bridgehead atoms. The molecule has 0 N–H and O–H groups in total. The molecule has 27 heavy (non-hydrogen) atoms. The fraction of sp³-hybridized carbons (Fsp3) is 0.727. The van der Waals surface area contributed by atoms with Crippen LogP contribution in [0.2, 0.25) is 18.1 Å². The molecule has 1 aliphatic carbocycles. The topological polar surface area (TPSA) is 9.23 Å². The Morgan fingerprint density at radius 2 is 1.52 bits per heavy atom. The van der Waals surface area contributed by atoms with Crippen LogP contribution in [0.3, 0.4) is 0 Å². The normalized spacial score (nSPS) is 29.5. The molecular weight excluding hydrogens is 365 g/mol. The number of benzene rings is 1. The average molecular weight is 399 g/mol. The van der Waals surface area contributed by atoms with Crippen molar-refractivity contribution in [2.24, 2.45) is 11.8 Å². The van der Waals surface area contributed by atoms with Crippen LogP contribution in [-0.4, -0.2) is 15.2 Å². The second-order valence-electron chi connectivity index (χ2n) is 8.65. The van der Waals surface area contributed by atoms with Gasteiger partial charge >= 0.3 is 6.36 Å². The van der Waals surface area contributed by atoms with Gasteiger partial charge in [-0.1, -0.05) is 62.9 Å². The third-order valence-electron chi connectivity index (χ3n) is 6.88. The Balaban J connectivity index is 1.44. The molecule has 0 spiro atoms. The molecule has 1 saturated carbocycles. The molecule has 0 radical (unpaired) electrons. The summed E-state index contributed by atoms with van der Waals surface area (Å²) in [4.78, 5) is 0. The third kappa shape index (κ3) is 6.26. The number of halogens is 3. The van der Waals surface area contributed by atoms with E-state index in [1.807, 2.05) is 12.1 Å². The lowest BCUT2D eigenvalue weighted by molar-refractivity contribution is -0.274. The van der Waals surface area contributed by atoms with Crippen molar-refractivity contribution in [3.63, 3.8) is 0 Å². The first-order valence-corrected chi connectivity index (χ1v) is 13.2. The van der Waals surface area contributed by atoms with Crippen molar-refractivity contribution in [2.75, 3.05) is 0 Å². The lowest BCUT2D eigenvalue weighted by Gasteiger charge is -2.37. The third-order valence-corrected chi connectivity index (χ3v) is 10.4. The van der Waals surface area contributed by atoms with Gasteiger partial charge in [0.2, 0.25) is 0 Å². The highest BCUT2D eigenvalue weighted by Crippen LogP contribution is 2.43. The number of hydrogen-bond donors (Lipinski definition) is 0. The minimum atomic E-state index is -4.61. The molecule has 1 aromatic carbocycles. The van der Waals surface area contributed by atoms with Gasteiger partial charge in [0.05, 0.1) is 0 Å². The van der Waals surface area contributed by atoms with Crippen LogP contribution >= 0.6 is 0 Å². The molecule has 1 nitrogen and oxygen atoms in total. The van der Waals surface area contributed by atoms with E-state index in [1.165, 1.54) is 69.1 Å². The van der Waals surface area contributed by atoms with Gasteiger partial charge in [-0.2, -0.15) is 0 Å². The van der Waals surface area contributed by atoms with E-state index in [4.69, 9.17) is 0 Å². The summed E-state index contributed by atoms with van der Waals surface area (Å²) in [5.74, 6) is 2.20. The number of ether oxygens (including phenoxy) is 1. The summed E-state index contributed by atoms with van der Waals surface area (Å²) in [6.45, 7) is 2.30. The van der Waals surface area contributed by atoms with Crippen molar-refractivity contribution >= 4 is 8.80 Å². The summed E-state index contributed by atoms with van der Waals surface area (Å²) in [6, 6.07) is 11.2. The Bertz CT molecular complexity index is 556. The van der Waals surface area contributed by atoms with E-state index in [2.05, 4.69) is 11.7 Å². The Hall–Kier alpha value is -0.973. The Morgan fingerprint density at radius 1 is 0.926 bits per heavy atom. The zero-order valence-electron chi connectivity index (χ0n) is 16.4. The van der Waals surface area contributed by atoms with E-state index in [0.29, 0.717) is 5.92 Å². The van der Waals surface area contributed by atoms with Gasteiger partial charge in [0.1, 0.15) is 5.75 Å². The van der Waals surface area contributed by atoms with Crippen LogP contribution in [0.4, 0.5) is 13.2 Å². The number of hydrogen-bond acceptors (Lipinski definition) is 1. The minimum absolute atomic E-state index is 0.121. The van der Waals surface area contributed by atoms with E-state index >= 15 is 0 Å². The maximum Gasteiger partial charge on any atom is 0.573 e. The highest BCUT2D eigenvalue weighted by atomic mass is 28.3. The van der Waals surface area contributed by atoms with E-state index in [-0.39, 0.29) is 5.75 Å². The number of rotatable bonds is 6. The van der Waals surface area contributed by atoms with Gasteiger partial charge in [-0.05, 0) is 61.1 Å². The minimum Gasteiger partial charge on any atom is -0.406 e. The molecule has 152 valence electrons. The molecule has 1 aliphatic heterocycles. The Morgan fingerprint density at radius 3 is 2.07 bits per heavy atom.